The Labute approximate surface area is 175 Å². The topological polar surface area (TPSA) is 54.5 Å². The second-order valence-electron chi connectivity index (χ2n) is 7.46. The van der Waals surface area contributed by atoms with Gasteiger partial charge in [-0.1, -0.05) is 35.6 Å². The van der Waals surface area contributed by atoms with Gasteiger partial charge in [0, 0.05) is 19.0 Å². The first-order valence-electron chi connectivity index (χ1n) is 10.3. The molecule has 2 aromatic carbocycles. The van der Waals surface area contributed by atoms with E-state index >= 15 is 0 Å². The van der Waals surface area contributed by atoms with E-state index in [0.717, 1.165) is 47.9 Å². The summed E-state index contributed by atoms with van der Waals surface area (Å²) in [6.45, 7) is 6.40. The summed E-state index contributed by atoms with van der Waals surface area (Å²) in [6.07, 6.45) is 1.72. The number of hydrogen-bond acceptors (Lipinski definition) is 5. The molecule has 1 saturated heterocycles. The van der Waals surface area contributed by atoms with Crippen LogP contribution < -0.4 is 15.0 Å². The summed E-state index contributed by atoms with van der Waals surface area (Å²) in [7, 11) is 0. The molecule has 1 aliphatic rings. The number of ether oxygens (including phenoxy) is 1. The maximum absolute atomic E-state index is 12.8. The van der Waals surface area contributed by atoms with Crippen molar-refractivity contribution in [2.75, 3.05) is 24.6 Å². The van der Waals surface area contributed by atoms with Gasteiger partial charge >= 0.3 is 0 Å². The molecular weight excluding hydrogens is 382 g/mol. The number of para-hydroxylation sites is 1. The number of aromatic nitrogens is 1. The Morgan fingerprint density at radius 2 is 1.93 bits per heavy atom. The summed E-state index contributed by atoms with van der Waals surface area (Å²) in [5, 5.41) is 4.24. The van der Waals surface area contributed by atoms with E-state index in [4.69, 9.17) is 9.72 Å². The van der Waals surface area contributed by atoms with E-state index in [1.807, 2.05) is 50.2 Å². The van der Waals surface area contributed by atoms with Gasteiger partial charge in [-0.2, -0.15) is 0 Å². The van der Waals surface area contributed by atoms with Crippen LogP contribution in [-0.4, -0.2) is 30.6 Å². The average Bonchev–Trinajstić information content (AvgIpc) is 3.19. The molecule has 1 fully saturated rings. The Morgan fingerprint density at radius 3 is 2.62 bits per heavy atom. The molecule has 0 bridgehead atoms. The summed E-state index contributed by atoms with van der Waals surface area (Å²) in [4.78, 5) is 19.8. The van der Waals surface area contributed by atoms with E-state index < -0.39 is 0 Å². The lowest BCUT2D eigenvalue weighted by atomic mass is 9.95. The smallest absolute Gasteiger partial charge is 0.223 e. The Bertz CT molecular complexity index is 929. The molecule has 0 radical (unpaired) electrons. The van der Waals surface area contributed by atoms with Crippen molar-refractivity contribution in [2.45, 2.75) is 32.7 Å². The fraction of sp³-hybridized carbons (Fsp3) is 0.391. The van der Waals surface area contributed by atoms with Gasteiger partial charge in [0.1, 0.15) is 5.75 Å². The molecule has 4 rings (SSSR count). The first kappa shape index (κ1) is 19.7. The third-order valence-corrected chi connectivity index (χ3v) is 6.57. The van der Waals surface area contributed by atoms with Crippen LogP contribution >= 0.6 is 11.3 Å². The molecule has 6 heteroatoms. The highest BCUT2D eigenvalue weighted by Gasteiger charge is 2.27. The molecule has 0 aliphatic carbocycles. The maximum atomic E-state index is 12.8. The van der Waals surface area contributed by atoms with E-state index in [0.29, 0.717) is 6.61 Å². The predicted molar refractivity (Wildman–Crippen MR) is 119 cm³/mol. The zero-order valence-corrected chi connectivity index (χ0v) is 17.7. The molecule has 1 N–H and O–H groups in total. The Kier molecular flexibility index (Phi) is 6.00. The van der Waals surface area contributed by atoms with Gasteiger partial charge in [-0.3, -0.25) is 4.79 Å². The number of fused-ring (bicyclic) bond motifs is 1. The van der Waals surface area contributed by atoms with E-state index in [9.17, 15) is 4.79 Å². The maximum Gasteiger partial charge on any atom is 0.223 e. The summed E-state index contributed by atoms with van der Waals surface area (Å²) in [5.41, 5.74) is 2.14. The number of hydrogen-bond donors (Lipinski definition) is 1. The zero-order valence-electron chi connectivity index (χ0n) is 16.9. The second kappa shape index (κ2) is 8.82. The number of amides is 1. The number of carbonyl (C=O) groups is 1. The molecule has 1 aliphatic heterocycles. The standard InChI is InChI=1S/C23H27N3O2S/c1-3-28-19-10-8-17(9-11-19)16(2)24-22(27)18-12-14-26(15-13-18)23-25-20-6-4-5-7-21(20)29-23/h4-11,16,18H,3,12-15H2,1-2H3,(H,24,27). The number of piperidine rings is 1. The summed E-state index contributed by atoms with van der Waals surface area (Å²) in [5.74, 6) is 1.07. The minimum Gasteiger partial charge on any atom is -0.494 e. The third-order valence-electron chi connectivity index (χ3n) is 5.47. The highest BCUT2D eigenvalue weighted by atomic mass is 32.1. The number of nitrogens with zero attached hydrogens (tertiary/aromatic N) is 2. The monoisotopic (exact) mass is 409 g/mol. The molecule has 1 aromatic heterocycles. The third kappa shape index (κ3) is 4.53. The molecule has 152 valence electrons. The molecule has 1 unspecified atom stereocenters. The highest BCUT2D eigenvalue weighted by Crippen LogP contribution is 2.31. The number of nitrogens with one attached hydrogen (secondary N) is 1. The van der Waals surface area contributed by atoms with Crippen molar-refractivity contribution in [1.29, 1.82) is 0 Å². The molecule has 1 atom stereocenters. The van der Waals surface area contributed by atoms with Crippen molar-refractivity contribution >= 4 is 32.6 Å². The van der Waals surface area contributed by atoms with Crippen LogP contribution in [0.3, 0.4) is 0 Å². The van der Waals surface area contributed by atoms with Crippen LogP contribution in [0, 0.1) is 5.92 Å². The van der Waals surface area contributed by atoms with E-state index in [2.05, 4.69) is 22.3 Å². The molecule has 3 aromatic rings. The fourth-order valence-corrected chi connectivity index (χ4v) is 4.78. The van der Waals surface area contributed by atoms with Crippen molar-refractivity contribution in [3.63, 3.8) is 0 Å². The first-order chi connectivity index (χ1) is 14.1. The van der Waals surface area contributed by atoms with Gasteiger partial charge in [0.25, 0.3) is 0 Å². The lowest BCUT2D eigenvalue weighted by Gasteiger charge is -2.31. The molecule has 2 heterocycles. The zero-order chi connectivity index (χ0) is 20.2. The lowest BCUT2D eigenvalue weighted by molar-refractivity contribution is -0.126. The van der Waals surface area contributed by atoms with E-state index in [-0.39, 0.29) is 17.9 Å². The molecule has 1 amide bonds. The first-order valence-corrected chi connectivity index (χ1v) is 11.1. The van der Waals surface area contributed by atoms with Gasteiger partial charge in [0.2, 0.25) is 5.91 Å². The Hall–Kier alpha value is -2.60. The predicted octanol–water partition coefficient (Wildman–Crippen LogP) is 4.79. The average molecular weight is 410 g/mol. The molecule has 5 nitrogen and oxygen atoms in total. The number of thiazole rings is 1. The van der Waals surface area contributed by atoms with Crippen LogP contribution in [0.1, 0.15) is 38.3 Å². The quantitative estimate of drug-likeness (QED) is 0.636. The number of carbonyl (C=O) groups excluding carboxylic acids is 1. The summed E-state index contributed by atoms with van der Waals surface area (Å²) >= 11 is 1.73. The van der Waals surface area contributed by atoms with Crippen molar-refractivity contribution in [3.05, 3.63) is 54.1 Å². The normalized spacial score (nSPS) is 16.0. The molecule has 0 spiro atoms. The van der Waals surface area contributed by atoms with E-state index in [1.54, 1.807) is 11.3 Å². The largest absolute Gasteiger partial charge is 0.494 e. The second-order valence-corrected chi connectivity index (χ2v) is 8.47. The van der Waals surface area contributed by atoms with Crippen molar-refractivity contribution in [3.8, 4) is 5.75 Å². The highest BCUT2D eigenvalue weighted by molar-refractivity contribution is 7.22. The van der Waals surface area contributed by atoms with Gasteiger partial charge in [0.05, 0.1) is 22.9 Å². The van der Waals surface area contributed by atoms with Crippen LogP contribution in [0.15, 0.2) is 48.5 Å². The minimum absolute atomic E-state index is 0.0135. The van der Waals surface area contributed by atoms with Crippen LogP contribution in [0.25, 0.3) is 10.2 Å². The van der Waals surface area contributed by atoms with Crippen molar-refractivity contribution in [2.24, 2.45) is 5.92 Å². The Balaban J connectivity index is 1.31. The molecule has 0 saturated carbocycles. The SMILES string of the molecule is CCOc1ccc(C(C)NC(=O)C2CCN(c3nc4ccccc4s3)CC2)cc1. The molecular formula is C23H27N3O2S. The number of rotatable bonds is 6. The van der Waals surface area contributed by atoms with Gasteiger partial charge in [0.15, 0.2) is 5.13 Å². The summed E-state index contributed by atoms with van der Waals surface area (Å²) < 4.78 is 6.70. The number of anilines is 1. The summed E-state index contributed by atoms with van der Waals surface area (Å²) in [6, 6.07) is 16.2. The van der Waals surface area contributed by atoms with Gasteiger partial charge in [-0.15, -0.1) is 0 Å². The van der Waals surface area contributed by atoms with Gasteiger partial charge in [-0.25, -0.2) is 4.98 Å². The van der Waals surface area contributed by atoms with Crippen molar-refractivity contribution in [1.82, 2.24) is 10.3 Å². The van der Waals surface area contributed by atoms with Crippen LogP contribution in [-0.2, 0) is 4.79 Å². The van der Waals surface area contributed by atoms with E-state index in [1.165, 1.54) is 4.70 Å². The fourth-order valence-electron chi connectivity index (χ4n) is 3.76. The van der Waals surface area contributed by atoms with Crippen LogP contribution in [0.2, 0.25) is 0 Å². The minimum atomic E-state index is -0.0135. The molecule has 29 heavy (non-hydrogen) atoms. The van der Waals surface area contributed by atoms with Crippen LogP contribution in [0.5, 0.6) is 5.75 Å². The van der Waals surface area contributed by atoms with Gasteiger partial charge in [-0.05, 0) is 56.5 Å². The number of benzene rings is 2. The Morgan fingerprint density at radius 1 is 1.21 bits per heavy atom. The van der Waals surface area contributed by atoms with Crippen LogP contribution in [0.4, 0.5) is 5.13 Å². The lowest BCUT2D eigenvalue weighted by Crippen LogP contribution is -2.41. The van der Waals surface area contributed by atoms with Crippen molar-refractivity contribution < 1.29 is 9.53 Å². The van der Waals surface area contributed by atoms with Gasteiger partial charge < -0.3 is 15.0 Å².